The van der Waals surface area contributed by atoms with Gasteiger partial charge in [0.1, 0.15) is 6.29 Å². The molecule has 0 saturated heterocycles. The van der Waals surface area contributed by atoms with Gasteiger partial charge in [-0.2, -0.15) is 0 Å². The van der Waals surface area contributed by atoms with E-state index in [0.717, 1.165) is 25.2 Å². The van der Waals surface area contributed by atoms with Gasteiger partial charge in [0.2, 0.25) is 0 Å². The lowest BCUT2D eigenvalue weighted by atomic mass is 9.44. The highest BCUT2D eigenvalue weighted by Crippen LogP contribution is 2.71. The predicted octanol–water partition coefficient (Wildman–Crippen LogP) is 8.71. The van der Waals surface area contributed by atoms with E-state index in [1.54, 1.807) is 11.1 Å². The molecule has 0 aliphatic heterocycles. The molecule has 0 aromatic rings. The second-order valence-corrected chi connectivity index (χ2v) is 13.5. The number of rotatable bonds is 6. The monoisotopic (exact) mass is 436 g/mol. The fourth-order valence-corrected chi connectivity index (χ4v) is 8.82. The molecule has 0 bridgehead atoms. The average Bonchev–Trinajstić information content (AvgIpc) is 2.99. The van der Waals surface area contributed by atoms with Crippen molar-refractivity contribution in [2.75, 3.05) is 0 Å². The molecule has 32 heavy (non-hydrogen) atoms. The van der Waals surface area contributed by atoms with Crippen molar-refractivity contribution < 1.29 is 4.79 Å². The fourth-order valence-electron chi connectivity index (χ4n) is 8.82. The summed E-state index contributed by atoms with van der Waals surface area (Å²) in [6.45, 7) is 21.4. The second-order valence-electron chi connectivity index (χ2n) is 13.5. The van der Waals surface area contributed by atoms with Crippen LogP contribution in [0, 0.1) is 45.3 Å². The van der Waals surface area contributed by atoms with E-state index in [1.165, 1.54) is 50.4 Å². The first-order valence-corrected chi connectivity index (χ1v) is 13.5. The topological polar surface area (TPSA) is 17.1 Å². The van der Waals surface area contributed by atoms with Crippen LogP contribution in [0.1, 0.15) is 106 Å². The molecule has 6 atom stereocenters. The molecule has 0 N–H and O–H groups in total. The van der Waals surface area contributed by atoms with Crippen molar-refractivity contribution in [1.29, 1.82) is 0 Å². The third kappa shape index (κ3) is 3.35. The lowest BCUT2D eigenvalue weighted by Gasteiger charge is -2.60. The molecule has 178 valence electrons. The van der Waals surface area contributed by atoms with E-state index in [0.29, 0.717) is 22.7 Å². The minimum Gasteiger partial charge on any atom is -0.303 e. The summed E-state index contributed by atoms with van der Waals surface area (Å²) in [4.78, 5) is 12.3. The lowest BCUT2D eigenvalue weighted by Crippen LogP contribution is -2.51. The summed E-state index contributed by atoms with van der Waals surface area (Å²) in [5, 5.41) is 0. The van der Waals surface area contributed by atoms with Crippen molar-refractivity contribution in [1.82, 2.24) is 0 Å². The van der Waals surface area contributed by atoms with Gasteiger partial charge in [0.25, 0.3) is 0 Å². The number of hydrogen-bond donors (Lipinski definition) is 0. The molecule has 4 aliphatic rings. The Bertz CT molecular complexity index is 841. The fraction of sp³-hybridized carbons (Fsp3) is 0.774. The van der Waals surface area contributed by atoms with Crippen molar-refractivity contribution in [3.05, 3.63) is 35.5 Å². The van der Waals surface area contributed by atoms with Crippen LogP contribution < -0.4 is 0 Å². The molecule has 2 fully saturated rings. The number of hydrogen-bond acceptors (Lipinski definition) is 1. The first-order chi connectivity index (χ1) is 14.9. The Kier molecular flexibility index (Phi) is 6.00. The van der Waals surface area contributed by atoms with Gasteiger partial charge in [-0.25, -0.2) is 0 Å². The maximum atomic E-state index is 12.3. The maximum absolute atomic E-state index is 12.3. The van der Waals surface area contributed by atoms with Crippen LogP contribution in [-0.2, 0) is 4.79 Å². The van der Waals surface area contributed by atoms with Crippen molar-refractivity contribution in [3.63, 3.8) is 0 Å². The van der Waals surface area contributed by atoms with Crippen LogP contribution in [-0.4, -0.2) is 6.29 Å². The van der Waals surface area contributed by atoms with Crippen LogP contribution in [0.25, 0.3) is 0 Å². The SMILES string of the molecule is C=C(CC[C@@H](C=O)[C@H]1CC[C@@]2(C)C3=CC[C@H]4C(C)(C)CCCC4(C)C3=CCC12C)C(C)C. The van der Waals surface area contributed by atoms with Crippen LogP contribution in [0.3, 0.4) is 0 Å². The van der Waals surface area contributed by atoms with E-state index >= 15 is 0 Å². The average molecular weight is 437 g/mol. The van der Waals surface area contributed by atoms with Gasteiger partial charge in [-0.05, 0) is 102 Å². The second kappa shape index (κ2) is 7.99. The summed E-state index contributed by atoms with van der Waals surface area (Å²) in [6, 6.07) is 0. The smallest absolute Gasteiger partial charge is 0.123 e. The largest absolute Gasteiger partial charge is 0.303 e. The highest BCUT2D eigenvalue weighted by atomic mass is 16.1. The summed E-state index contributed by atoms with van der Waals surface area (Å²) in [7, 11) is 0. The molecule has 2 saturated carbocycles. The van der Waals surface area contributed by atoms with E-state index in [1.807, 2.05) is 0 Å². The van der Waals surface area contributed by atoms with Crippen LogP contribution in [0.5, 0.6) is 0 Å². The predicted molar refractivity (Wildman–Crippen MR) is 136 cm³/mol. The van der Waals surface area contributed by atoms with Gasteiger partial charge < -0.3 is 4.79 Å². The maximum Gasteiger partial charge on any atom is 0.123 e. The minimum absolute atomic E-state index is 0.161. The van der Waals surface area contributed by atoms with Crippen LogP contribution in [0.2, 0.25) is 0 Å². The van der Waals surface area contributed by atoms with E-state index in [-0.39, 0.29) is 16.7 Å². The zero-order valence-corrected chi connectivity index (χ0v) is 22.0. The quantitative estimate of drug-likeness (QED) is 0.300. The van der Waals surface area contributed by atoms with Crippen LogP contribution >= 0.6 is 0 Å². The first kappa shape index (κ1) is 24.0. The zero-order chi connectivity index (χ0) is 23.5. The summed E-state index contributed by atoms with van der Waals surface area (Å²) in [6.07, 6.45) is 17.4. The summed E-state index contributed by atoms with van der Waals surface area (Å²) in [5.41, 5.74) is 5.79. The van der Waals surface area contributed by atoms with E-state index in [9.17, 15) is 4.79 Å². The van der Waals surface area contributed by atoms with Gasteiger partial charge in [0.15, 0.2) is 0 Å². The molecule has 0 amide bonds. The standard InChI is InChI=1S/C31H48O/c1-21(2)22(3)10-11-23(20-32)24-14-18-31(8)26-12-13-27-28(4,5)16-9-17-29(27,6)25(26)15-19-30(24,31)7/h12,15,20-21,23-24,27H,3,9-11,13-14,16-19H2,1-2,4-8H3/t23-,24+,27-,29?,30?,31-/m0/s1. The Morgan fingerprint density at radius 3 is 2.47 bits per heavy atom. The molecule has 0 aromatic carbocycles. The highest BCUT2D eigenvalue weighted by Gasteiger charge is 2.62. The molecule has 2 unspecified atom stereocenters. The normalized spacial score (nSPS) is 41.1. The van der Waals surface area contributed by atoms with Gasteiger partial charge in [0, 0.05) is 5.92 Å². The summed E-state index contributed by atoms with van der Waals surface area (Å²) in [5.74, 6) is 1.91. The Hall–Kier alpha value is -1.11. The number of fused-ring (bicyclic) bond motifs is 5. The molecule has 4 rings (SSSR count). The third-order valence-electron chi connectivity index (χ3n) is 11.4. The Morgan fingerprint density at radius 2 is 1.81 bits per heavy atom. The molecule has 0 heterocycles. The van der Waals surface area contributed by atoms with Crippen LogP contribution in [0.4, 0.5) is 0 Å². The summed E-state index contributed by atoms with van der Waals surface area (Å²) >= 11 is 0. The molecular weight excluding hydrogens is 388 g/mol. The molecular formula is C31H48O. The number of allylic oxidation sites excluding steroid dienone is 5. The molecule has 0 radical (unpaired) electrons. The molecule has 0 spiro atoms. The third-order valence-corrected chi connectivity index (χ3v) is 11.4. The summed E-state index contributed by atoms with van der Waals surface area (Å²) < 4.78 is 0. The first-order valence-electron chi connectivity index (χ1n) is 13.5. The minimum atomic E-state index is 0.161. The molecule has 1 heteroatoms. The Morgan fingerprint density at radius 1 is 1.09 bits per heavy atom. The van der Waals surface area contributed by atoms with Gasteiger partial charge >= 0.3 is 0 Å². The van der Waals surface area contributed by atoms with Crippen LogP contribution in [0.15, 0.2) is 35.5 Å². The lowest BCUT2D eigenvalue weighted by molar-refractivity contribution is -0.114. The van der Waals surface area contributed by atoms with Crippen molar-refractivity contribution in [2.24, 2.45) is 45.3 Å². The number of aldehydes is 1. The zero-order valence-electron chi connectivity index (χ0n) is 22.0. The number of carbonyl (C=O) groups excluding carboxylic acids is 1. The van der Waals surface area contributed by atoms with Crippen molar-refractivity contribution in [3.8, 4) is 0 Å². The van der Waals surface area contributed by atoms with Gasteiger partial charge in [0.05, 0.1) is 0 Å². The van der Waals surface area contributed by atoms with Gasteiger partial charge in [-0.1, -0.05) is 79.2 Å². The Labute approximate surface area is 198 Å². The van der Waals surface area contributed by atoms with Gasteiger partial charge in [-0.15, -0.1) is 0 Å². The molecule has 4 aliphatic carbocycles. The number of carbonyl (C=O) groups is 1. The highest BCUT2D eigenvalue weighted by molar-refractivity contribution is 5.56. The van der Waals surface area contributed by atoms with E-state index in [2.05, 4.69) is 67.2 Å². The van der Waals surface area contributed by atoms with Gasteiger partial charge in [-0.3, -0.25) is 0 Å². The van der Waals surface area contributed by atoms with E-state index in [4.69, 9.17) is 0 Å². The molecule has 1 nitrogen and oxygen atoms in total. The van der Waals surface area contributed by atoms with Crippen molar-refractivity contribution in [2.45, 2.75) is 106 Å². The molecule has 0 aromatic heterocycles. The Balaban J connectivity index is 1.65. The van der Waals surface area contributed by atoms with Crippen molar-refractivity contribution >= 4 is 6.29 Å². The van der Waals surface area contributed by atoms with E-state index < -0.39 is 0 Å².